The monoisotopic (exact) mass is 442 g/mol. The maximum absolute atomic E-state index is 13.6. The van der Waals surface area contributed by atoms with E-state index >= 15 is 0 Å². The molecule has 1 amide bonds. The summed E-state index contributed by atoms with van der Waals surface area (Å²) in [6.07, 6.45) is 7.35. The number of fused-ring (bicyclic) bond motifs is 3. The third kappa shape index (κ3) is 4.13. The maximum atomic E-state index is 13.6. The number of halogens is 1. The fourth-order valence-electron chi connectivity index (χ4n) is 5.71. The van der Waals surface area contributed by atoms with Crippen molar-refractivity contribution in [2.24, 2.45) is 13.0 Å². The van der Waals surface area contributed by atoms with Crippen molar-refractivity contribution < 1.29 is 9.53 Å². The van der Waals surface area contributed by atoms with E-state index in [0.29, 0.717) is 35.6 Å². The Kier molecular flexibility index (Phi) is 6.43. The molecule has 4 unspecified atom stereocenters. The van der Waals surface area contributed by atoms with Gasteiger partial charge >= 0.3 is 0 Å². The summed E-state index contributed by atoms with van der Waals surface area (Å²) in [4.78, 5) is 15.7. The number of likely N-dealkylation sites (tertiary alicyclic amines) is 1. The highest BCUT2D eigenvalue weighted by atomic mass is 35.5. The molecular weight excluding hydrogens is 412 g/mol. The van der Waals surface area contributed by atoms with Crippen LogP contribution in [0.1, 0.15) is 69.9 Å². The van der Waals surface area contributed by atoms with Gasteiger partial charge in [0.05, 0.1) is 29.4 Å². The number of amides is 1. The van der Waals surface area contributed by atoms with Crippen LogP contribution >= 0.6 is 11.6 Å². The number of aromatic nitrogens is 2. The van der Waals surface area contributed by atoms with E-state index in [-0.39, 0.29) is 17.9 Å². The van der Waals surface area contributed by atoms with Gasteiger partial charge in [0.1, 0.15) is 5.75 Å². The van der Waals surface area contributed by atoms with Gasteiger partial charge in [-0.25, -0.2) is 0 Å². The van der Waals surface area contributed by atoms with Crippen LogP contribution in [0.4, 0.5) is 0 Å². The van der Waals surface area contributed by atoms with Crippen molar-refractivity contribution in [2.75, 3.05) is 7.11 Å². The van der Waals surface area contributed by atoms with Crippen LogP contribution in [-0.4, -0.2) is 39.8 Å². The van der Waals surface area contributed by atoms with Gasteiger partial charge in [0.25, 0.3) is 0 Å². The molecule has 1 aliphatic heterocycles. The van der Waals surface area contributed by atoms with Gasteiger partial charge in [0.2, 0.25) is 5.91 Å². The highest BCUT2D eigenvalue weighted by Crippen LogP contribution is 2.41. The molecule has 0 N–H and O–H groups in total. The van der Waals surface area contributed by atoms with Crippen LogP contribution in [0.5, 0.6) is 5.75 Å². The molecule has 2 fully saturated rings. The topological polar surface area (TPSA) is 71.2 Å². The van der Waals surface area contributed by atoms with Gasteiger partial charge in [-0.3, -0.25) is 9.48 Å². The highest BCUT2D eigenvalue weighted by Gasteiger charge is 2.40. The average molecular weight is 443 g/mol. The summed E-state index contributed by atoms with van der Waals surface area (Å²) in [5, 5.41) is 15.2. The van der Waals surface area contributed by atoms with E-state index in [9.17, 15) is 4.79 Å². The Hall–Kier alpha value is -2.26. The van der Waals surface area contributed by atoms with Gasteiger partial charge in [0.15, 0.2) is 0 Å². The van der Waals surface area contributed by atoms with E-state index in [0.717, 1.165) is 42.3 Å². The molecule has 6 nitrogen and oxygen atoms in total. The van der Waals surface area contributed by atoms with E-state index in [1.807, 2.05) is 30.8 Å². The quantitative estimate of drug-likeness (QED) is 0.616. The largest absolute Gasteiger partial charge is 0.495 e. The lowest BCUT2D eigenvalue weighted by Crippen LogP contribution is -2.53. The molecule has 4 rings (SSSR count). The first kappa shape index (κ1) is 22.0. The molecule has 1 aromatic heterocycles. The molecule has 1 aromatic carbocycles. The van der Waals surface area contributed by atoms with E-state index in [2.05, 4.69) is 11.0 Å². The van der Waals surface area contributed by atoms with E-state index in [1.165, 1.54) is 12.8 Å². The summed E-state index contributed by atoms with van der Waals surface area (Å²) in [5.41, 5.74) is 1.77. The van der Waals surface area contributed by atoms with Crippen LogP contribution in [-0.2, 0) is 11.8 Å². The number of nitriles is 1. The predicted molar refractivity (Wildman–Crippen MR) is 121 cm³/mol. The van der Waals surface area contributed by atoms with E-state index < -0.39 is 0 Å². The molecule has 4 atom stereocenters. The van der Waals surface area contributed by atoms with Crippen molar-refractivity contribution in [3.05, 3.63) is 22.8 Å². The lowest BCUT2D eigenvalue weighted by molar-refractivity contribution is -0.141. The summed E-state index contributed by atoms with van der Waals surface area (Å²) in [6.45, 7) is 2.05. The first-order chi connectivity index (χ1) is 14.9. The van der Waals surface area contributed by atoms with Gasteiger partial charge in [-0.2, -0.15) is 10.4 Å². The second-order valence-electron chi connectivity index (χ2n) is 9.16. The molecule has 2 heterocycles. The molecule has 7 heteroatoms. The Morgan fingerprint density at radius 2 is 2.19 bits per heavy atom. The van der Waals surface area contributed by atoms with Gasteiger partial charge in [-0.05, 0) is 43.7 Å². The number of hydrogen-bond acceptors (Lipinski definition) is 4. The molecule has 2 bridgehead atoms. The van der Waals surface area contributed by atoms with Crippen LogP contribution in [0.3, 0.4) is 0 Å². The lowest BCUT2D eigenvalue weighted by atomic mass is 9.75. The van der Waals surface area contributed by atoms with Crippen molar-refractivity contribution in [3.8, 4) is 11.8 Å². The van der Waals surface area contributed by atoms with E-state index in [1.54, 1.807) is 7.11 Å². The SMILES string of the molecule is COc1ccc2c(c(C(C)CC(=O)N3C(CCC#N)CC4CCCC3C4)nn2C)c1Cl. The van der Waals surface area contributed by atoms with Crippen molar-refractivity contribution in [1.29, 1.82) is 5.26 Å². The van der Waals surface area contributed by atoms with E-state index in [4.69, 9.17) is 26.7 Å². The second-order valence-corrected chi connectivity index (χ2v) is 9.54. The zero-order chi connectivity index (χ0) is 22.1. The highest BCUT2D eigenvalue weighted by molar-refractivity contribution is 6.37. The number of rotatable bonds is 6. The molecule has 0 spiro atoms. The number of nitrogens with zero attached hydrogens (tertiary/aromatic N) is 4. The molecule has 2 aromatic rings. The number of benzene rings is 1. The van der Waals surface area contributed by atoms with Crippen molar-refractivity contribution in [3.63, 3.8) is 0 Å². The van der Waals surface area contributed by atoms with Crippen molar-refractivity contribution in [1.82, 2.24) is 14.7 Å². The van der Waals surface area contributed by atoms with Gasteiger partial charge in [0, 0.05) is 43.3 Å². The van der Waals surface area contributed by atoms with Crippen molar-refractivity contribution in [2.45, 2.75) is 76.3 Å². The first-order valence-corrected chi connectivity index (χ1v) is 11.7. The molecule has 2 aliphatic rings. The van der Waals surface area contributed by atoms with Gasteiger partial charge in [-0.15, -0.1) is 0 Å². The number of carbonyl (C=O) groups is 1. The second kappa shape index (κ2) is 9.08. The fraction of sp³-hybridized carbons (Fsp3) is 0.625. The summed E-state index contributed by atoms with van der Waals surface area (Å²) in [6, 6.07) is 6.58. The molecule has 31 heavy (non-hydrogen) atoms. The zero-order valence-electron chi connectivity index (χ0n) is 18.6. The average Bonchev–Trinajstić information content (AvgIpc) is 3.10. The summed E-state index contributed by atoms with van der Waals surface area (Å²) >= 11 is 6.63. The predicted octanol–water partition coefficient (Wildman–Crippen LogP) is 5.19. The standard InChI is InChI=1S/C24H31ClN4O2/c1-15(24-22-19(28(2)27-24)9-10-20(31-3)23(22)25)12-21(30)29-17-7-4-6-16(13-17)14-18(29)8-5-11-26/h9-10,15-18H,4-8,12-14H2,1-3H3. The smallest absolute Gasteiger partial charge is 0.223 e. The Balaban J connectivity index is 1.59. The third-order valence-electron chi connectivity index (χ3n) is 7.14. The lowest BCUT2D eigenvalue weighted by Gasteiger charge is -2.48. The Bertz CT molecular complexity index is 1010. The number of piperidine rings is 1. The van der Waals surface area contributed by atoms with Gasteiger partial charge in [-0.1, -0.05) is 31.4 Å². The molecule has 1 saturated carbocycles. The summed E-state index contributed by atoms with van der Waals surface area (Å²) in [7, 11) is 3.50. The summed E-state index contributed by atoms with van der Waals surface area (Å²) < 4.78 is 7.22. The molecule has 1 aliphatic carbocycles. The van der Waals surface area contributed by atoms with Crippen LogP contribution in [0.15, 0.2) is 12.1 Å². The normalized spacial score (nSPS) is 24.1. The van der Waals surface area contributed by atoms with Crippen LogP contribution in [0.2, 0.25) is 5.02 Å². The Morgan fingerprint density at radius 3 is 2.94 bits per heavy atom. The Morgan fingerprint density at radius 1 is 1.39 bits per heavy atom. The maximum Gasteiger partial charge on any atom is 0.223 e. The molecule has 1 saturated heterocycles. The zero-order valence-corrected chi connectivity index (χ0v) is 19.4. The molecular formula is C24H31ClN4O2. The Labute approximate surface area is 189 Å². The minimum Gasteiger partial charge on any atom is -0.495 e. The third-order valence-corrected chi connectivity index (χ3v) is 7.51. The van der Waals surface area contributed by atoms with Crippen LogP contribution < -0.4 is 4.74 Å². The van der Waals surface area contributed by atoms with Crippen LogP contribution in [0, 0.1) is 17.2 Å². The fourth-order valence-corrected chi connectivity index (χ4v) is 6.05. The minimum absolute atomic E-state index is 0.0706. The number of hydrogen-bond donors (Lipinski definition) is 0. The minimum atomic E-state index is -0.0706. The van der Waals surface area contributed by atoms with Crippen LogP contribution in [0.25, 0.3) is 10.9 Å². The number of aryl methyl sites for hydroxylation is 1. The first-order valence-electron chi connectivity index (χ1n) is 11.3. The van der Waals surface area contributed by atoms with Crippen molar-refractivity contribution >= 4 is 28.4 Å². The molecule has 0 radical (unpaired) electrons. The summed E-state index contributed by atoms with van der Waals surface area (Å²) in [5.74, 6) is 1.43. The van der Waals surface area contributed by atoms with Gasteiger partial charge < -0.3 is 9.64 Å². The molecule has 166 valence electrons. The number of methoxy groups -OCH3 is 1. The number of carbonyl (C=O) groups excluding carboxylic acids is 1. The number of ether oxygens (including phenoxy) is 1.